The molecular weight excluding hydrogens is 296 g/mol. The second-order valence-corrected chi connectivity index (χ2v) is 5.45. The highest BCUT2D eigenvalue weighted by molar-refractivity contribution is 9.10. The lowest BCUT2D eigenvalue weighted by atomic mass is 10.1. The van der Waals surface area contributed by atoms with Gasteiger partial charge in [-0.05, 0) is 24.6 Å². The Morgan fingerprint density at radius 2 is 2.39 bits per heavy atom. The number of nitrogens with zero attached hydrogens (tertiary/aromatic N) is 1. The molecule has 0 spiro atoms. The lowest BCUT2D eigenvalue weighted by molar-refractivity contribution is 0.0727. The average molecular weight is 315 g/mol. The molecule has 1 aliphatic heterocycles. The van der Waals surface area contributed by atoms with E-state index in [0.717, 1.165) is 22.3 Å². The summed E-state index contributed by atoms with van der Waals surface area (Å²) in [4.78, 5) is 2.18. The standard InChI is InChI=1S/C13H19BrN2O2/c1-9(15)12-3-2-10(6-13(12)14)16-4-5-18-8-11(16)7-17/h2-3,6,9,11,17H,4-5,7-8,15H2,1H3. The van der Waals surface area contributed by atoms with E-state index in [1.165, 1.54) is 0 Å². The molecule has 2 atom stereocenters. The maximum absolute atomic E-state index is 9.38. The number of hydrogen-bond acceptors (Lipinski definition) is 4. The summed E-state index contributed by atoms with van der Waals surface area (Å²) in [5.41, 5.74) is 8.07. The van der Waals surface area contributed by atoms with Crippen LogP contribution in [0.25, 0.3) is 0 Å². The van der Waals surface area contributed by atoms with Crippen molar-refractivity contribution in [3.63, 3.8) is 0 Å². The quantitative estimate of drug-likeness (QED) is 0.891. The largest absolute Gasteiger partial charge is 0.394 e. The first kappa shape index (κ1) is 13.8. The molecule has 2 rings (SSSR count). The van der Waals surface area contributed by atoms with Crippen LogP contribution in [0.4, 0.5) is 5.69 Å². The van der Waals surface area contributed by atoms with Gasteiger partial charge in [0.05, 0.1) is 25.9 Å². The second-order valence-electron chi connectivity index (χ2n) is 4.60. The molecule has 0 radical (unpaired) electrons. The van der Waals surface area contributed by atoms with E-state index in [4.69, 9.17) is 10.5 Å². The summed E-state index contributed by atoms with van der Waals surface area (Å²) < 4.78 is 6.40. The minimum absolute atomic E-state index is 0.00625. The van der Waals surface area contributed by atoms with Crippen LogP contribution in [-0.2, 0) is 4.74 Å². The van der Waals surface area contributed by atoms with Gasteiger partial charge in [-0.2, -0.15) is 0 Å². The van der Waals surface area contributed by atoms with E-state index in [2.05, 4.69) is 33.0 Å². The third-order valence-corrected chi connectivity index (χ3v) is 3.93. The zero-order valence-electron chi connectivity index (χ0n) is 10.5. The van der Waals surface area contributed by atoms with Gasteiger partial charge in [-0.25, -0.2) is 0 Å². The Labute approximate surface area is 116 Å². The van der Waals surface area contributed by atoms with E-state index in [1.807, 2.05) is 13.0 Å². The molecule has 2 unspecified atom stereocenters. The van der Waals surface area contributed by atoms with E-state index in [-0.39, 0.29) is 18.7 Å². The Balaban J connectivity index is 2.24. The minimum atomic E-state index is 0.00625. The Morgan fingerprint density at radius 1 is 1.61 bits per heavy atom. The highest BCUT2D eigenvalue weighted by Crippen LogP contribution is 2.29. The number of nitrogens with two attached hydrogens (primary N) is 1. The zero-order chi connectivity index (χ0) is 13.1. The number of benzene rings is 1. The first-order valence-corrected chi connectivity index (χ1v) is 6.93. The molecule has 1 fully saturated rings. The number of hydrogen-bond donors (Lipinski definition) is 2. The van der Waals surface area contributed by atoms with E-state index in [1.54, 1.807) is 0 Å². The molecule has 4 nitrogen and oxygen atoms in total. The van der Waals surface area contributed by atoms with Crippen molar-refractivity contribution in [1.82, 2.24) is 0 Å². The number of halogens is 1. The number of rotatable bonds is 3. The number of morpholine rings is 1. The van der Waals surface area contributed by atoms with Crippen molar-refractivity contribution < 1.29 is 9.84 Å². The average Bonchev–Trinajstić information content (AvgIpc) is 2.38. The number of ether oxygens (including phenoxy) is 1. The minimum Gasteiger partial charge on any atom is -0.394 e. The van der Waals surface area contributed by atoms with E-state index >= 15 is 0 Å². The van der Waals surface area contributed by atoms with Crippen LogP contribution in [0.15, 0.2) is 22.7 Å². The van der Waals surface area contributed by atoms with E-state index < -0.39 is 0 Å². The molecule has 1 aromatic carbocycles. The fourth-order valence-electron chi connectivity index (χ4n) is 2.21. The molecule has 18 heavy (non-hydrogen) atoms. The Hall–Kier alpha value is -0.620. The van der Waals surface area contributed by atoms with Gasteiger partial charge in [0.25, 0.3) is 0 Å². The van der Waals surface area contributed by atoms with Crippen molar-refractivity contribution in [1.29, 1.82) is 0 Å². The van der Waals surface area contributed by atoms with Crippen LogP contribution in [0, 0.1) is 0 Å². The summed E-state index contributed by atoms with van der Waals surface area (Å²) in [6.45, 7) is 4.14. The highest BCUT2D eigenvalue weighted by atomic mass is 79.9. The van der Waals surface area contributed by atoms with Crippen molar-refractivity contribution in [2.75, 3.05) is 31.3 Å². The molecule has 0 bridgehead atoms. The predicted octanol–water partition coefficient (Wildman–Crippen LogP) is 1.67. The smallest absolute Gasteiger partial charge is 0.0755 e. The van der Waals surface area contributed by atoms with Gasteiger partial charge < -0.3 is 20.5 Å². The molecule has 1 aromatic rings. The van der Waals surface area contributed by atoms with Gasteiger partial charge in [0, 0.05) is 22.7 Å². The maximum atomic E-state index is 9.38. The van der Waals surface area contributed by atoms with Crippen LogP contribution < -0.4 is 10.6 Å². The Kier molecular flexibility index (Phi) is 4.61. The van der Waals surface area contributed by atoms with Gasteiger partial charge in [-0.1, -0.05) is 22.0 Å². The van der Waals surface area contributed by atoms with Crippen molar-refractivity contribution in [3.05, 3.63) is 28.2 Å². The monoisotopic (exact) mass is 314 g/mol. The lowest BCUT2D eigenvalue weighted by Crippen LogP contribution is -2.47. The molecule has 0 saturated carbocycles. The summed E-state index contributed by atoms with van der Waals surface area (Å²) in [5.74, 6) is 0. The number of aliphatic hydroxyl groups is 1. The molecule has 1 saturated heterocycles. The second kappa shape index (κ2) is 6.02. The molecule has 100 valence electrons. The third kappa shape index (κ3) is 2.85. The molecule has 3 N–H and O–H groups in total. The fourth-order valence-corrected chi connectivity index (χ4v) is 2.94. The van der Waals surface area contributed by atoms with Gasteiger partial charge in [0.15, 0.2) is 0 Å². The van der Waals surface area contributed by atoms with E-state index in [9.17, 15) is 5.11 Å². The maximum Gasteiger partial charge on any atom is 0.0755 e. The van der Waals surface area contributed by atoms with Crippen molar-refractivity contribution in [2.45, 2.75) is 19.0 Å². The number of anilines is 1. The van der Waals surface area contributed by atoms with Gasteiger partial charge in [0.2, 0.25) is 0 Å². The van der Waals surface area contributed by atoms with Crippen LogP contribution in [0.3, 0.4) is 0 Å². The Morgan fingerprint density at radius 3 is 3.00 bits per heavy atom. The summed E-state index contributed by atoms with van der Waals surface area (Å²) in [6, 6.07) is 6.19. The zero-order valence-corrected chi connectivity index (χ0v) is 12.1. The van der Waals surface area contributed by atoms with Crippen molar-refractivity contribution in [2.24, 2.45) is 5.73 Å². The summed E-state index contributed by atoms with van der Waals surface area (Å²) >= 11 is 3.56. The topological polar surface area (TPSA) is 58.7 Å². The van der Waals surface area contributed by atoms with Crippen molar-refractivity contribution in [3.8, 4) is 0 Å². The molecule has 0 amide bonds. The third-order valence-electron chi connectivity index (χ3n) is 3.24. The van der Waals surface area contributed by atoms with Crippen molar-refractivity contribution >= 4 is 21.6 Å². The molecule has 1 heterocycles. The van der Waals surface area contributed by atoms with Crippen LogP contribution >= 0.6 is 15.9 Å². The first-order valence-electron chi connectivity index (χ1n) is 6.13. The van der Waals surface area contributed by atoms with Crippen LogP contribution in [0.5, 0.6) is 0 Å². The van der Waals surface area contributed by atoms with Gasteiger partial charge in [0.1, 0.15) is 0 Å². The van der Waals surface area contributed by atoms with Gasteiger partial charge >= 0.3 is 0 Å². The SMILES string of the molecule is CC(N)c1ccc(N2CCOCC2CO)cc1Br. The van der Waals surface area contributed by atoms with Crippen LogP contribution in [-0.4, -0.2) is 37.5 Å². The lowest BCUT2D eigenvalue weighted by Gasteiger charge is -2.36. The van der Waals surface area contributed by atoms with Crippen LogP contribution in [0.1, 0.15) is 18.5 Å². The normalized spacial score (nSPS) is 22.0. The fraction of sp³-hybridized carbons (Fsp3) is 0.538. The first-order chi connectivity index (χ1) is 8.63. The number of aliphatic hydroxyl groups excluding tert-OH is 1. The molecule has 0 aromatic heterocycles. The molecule has 5 heteroatoms. The molecular formula is C13H19BrN2O2. The summed E-state index contributed by atoms with van der Waals surface area (Å²) in [7, 11) is 0. The predicted molar refractivity (Wildman–Crippen MR) is 75.8 cm³/mol. The van der Waals surface area contributed by atoms with Crippen LogP contribution in [0.2, 0.25) is 0 Å². The summed E-state index contributed by atoms with van der Waals surface area (Å²) in [6.07, 6.45) is 0. The summed E-state index contributed by atoms with van der Waals surface area (Å²) in [5, 5.41) is 9.38. The van der Waals surface area contributed by atoms with E-state index in [0.29, 0.717) is 13.2 Å². The highest BCUT2D eigenvalue weighted by Gasteiger charge is 2.23. The van der Waals surface area contributed by atoms with Gasteiger partial charge in [-0.15, -0.1) is 0 Å². The van der Waals surface area contributed by atoms with Gasteiger partial charge in [-0.3, -0.25) is 0 Å². The Bertz CT molecular complexity index is 412. The molecule has 1 aliphatic rings. The molecule has 0 aliphatic carbocycles.